The van der Waals surface area contributed by atoms with E-state index in [2.05, 4.69) is 156 Å². The summed E-state index contributed by atoms with van der Waals surface area (Å²) in [4.78, 5) is 0. The first-order valence-electron chi connectivity index (χ1n) is 18.7. The van der Waals surface area contributed by atoms with Gasteiger partial charge in [0.2, 0.25) is 0 Å². The van der Waals surface area contributed by atoms with E-state index in [9.17, 15) is 0 Å². The van der Waals surface area contributed by atoms with Crippen LogP contribution in [0, 0.1) is 0 Å². The third kappa shape index (κ3) is 4.92. The lowest BCUT2D eigenvalue weighted by atomic mass is 9.85. The van der Waals surface area contributed by atoms with Crippen molar-refractivity contribution in [3.8, 4) is 22.3 Å². The summed E-state index contributed by atoms with van der Waals surface area (Å²) in [6, 6.07) is 50.4. The molecule has 0 aliphatic heterocycles. The predicted octanol–water partition coefficient (Wildman–Crippen LogP) is 13.9. The minimum absolute atomic E-state index is 1.06. The zero-order chi connectivity index (χ0) is 33.6. The van der Waals surface area contributed by atoms with E-state index in [4.69, 9.17) is 0 Å². The van der Waals surface area contributed by atoms with Crippen LogP contribution in [0.3, 0.4) is 0 Å². The van der Waals surface area contributed by atoms with Crippen LogP contribution in [0.1, 0.15) is 52.4 Å². The van der Waals surface area contributed by atoms with Gasteiger partial charge in [-0.05, 0) is 93.0 Å². The highest BCUT2D eigenvalue weighted by Gasteiger charge is 2.19. The SMILES string of the molecule is CCCCCn1c2ccccc2c2cc(-c3c4ccccc4c(-c4ccc5c(c4)c4ccccc4n5CCCCC)c4ccccc34)ccc21. The van der Waals surface area contributed by atoms with Crippen molar-refractivity contribution < 1.29 is 0 Å². The standard InChI is InChI=1S/C48H44N2/c1-3-5-15-29-49-43-23-13-11-17-35(43)41-31-33(25-27-45(41)49)47-37-19-7-9-21-39(37)48(40-22-10-8-20-38(40)47)34-26-28-46-42(32-34)36-18-12-14-24-44(36)50(46)30-16-6-4-2/h7-14,17-28,31-32H,3-6,15-16,29-30H2,1-2H3. The summed E-state index contributed by atoms with van der Waals surface area (Å²) in [6.45, 7) is 6.67. The molecule has 9 rings (SSSR count). The van der Waals surface area contributed by atoms with E-state index in [1.165, 1.54) is 126 Å². The summed E-state index contributed by atoms with van der Waals surface area (Å²) in [5.74, 6) is 0. The van der Waals surface area contributed by atoms with Crippen molar-refractivity contribution in [3.63, 3.8) is 0 Å². The van der Waals surface area contributed by atoms with Crippen molar-refractivity contribution in [1.29, 1.82) is 0 Å². The van der Waals surface area contributed by atoms with Gasteiger partial charge in [-0.15, -0.1) is 0 Å². The molecule has 0 aliphatic carbocycles. The Hall–Kier alpha value is -5.34. The van der Waals surface area contributed by atoms with E-state index < -0.39 is 0 Å². The smallest absolute Gasteiger partial charge is 0.0491 e. The molecule has 0 N–H and O–H groups in total. The normalized spacial score (nSPS) is 12.0. The van der Waals surface area contributed by atoms with E-state index in [1.54, 1.807) is 0 Å². The van der Waals surface area contributed by atoms with Gasteiger partial charge in [-0.25, -0.2) is 0 Å². The molecule has 0 amide bonds. The first kappa shape index (κ1) is 30.7. The monoisotopic (exact) mass is 648 g/mol. The van der Waals surface area contributed by atoms with E-state index >= 15 is 0 Å². The lowest BCUT2D eigenvalue weighted by molar-refractivity contribution is 0.627. The molecule has 0 radical (unpaired) electrons. The molecular formula is C48H44N2. The number of rotatable bonds is 10. The first-order valence-corrected chi connectivity index (χ1v) is 18.7. The Morgan fingerprint density at radius 3 is 1.06 bits per heavy atom. The molecule has 50 heavy (non-hydrogen) atoms. The van der Waals surface area contributed by atoms with Crippen molar-refractivity contribution in [1.82, 2.24) is 9.13 Å². The van der Waals surface area contributed by atoms with Crippen molar-refractivity contribution in [3.05, 3.63) is 133 Å². The zero-order valence-corrected chi connectivity index (χ0v) is 29.3. The molecule has 0 spiro atoms. The number of hydrogen-bond acceptors (Lipinski definition) is 0. The fraction of sp³-hybridized carbons (Fsp3) is 0.208. The van der Waals surface area contributed by atoms with E-state index in [0.29, 0.717) is 0 Å². The molecule has 0 unspecified atom stereocenters. The Balaban J connectivity index is 1.27. The number of aryl methyl sites for hydroxylation is 2. The van der Waals surface area contributed by atoms with Crippen LogP contribution >= 0.6 is 0 Å². The minimum atomic E-state index is 1.06. The number of unbranched alkanes of at least 4 members (excludes halogenated alkanes) is 4. The Morgan fingerprint density at radius 1 is 0.340 bits per heavy atom. The van der Waals surface area contributed by atoms with Gasteiger partial charge in [0.1, 0.15) is 0 Å². The summed E-state index contributed by atoms with van der Waals surface area (Å²) < 4.78 is 5.08. The molecule has 0 saturated carbocycles. The number of nitrogens with zero attached hydrogens (tertiary/aromatic N) is 2. The second-order valence-corrected chi connectivity index (χ2v) is 14.1. The van der Waals surface area contributed by atoms with Gasteiger partial charge in [0.15, 0.2) is 0 Å². The van der Waals surface area contributed by atoms with Crippen LogP contribution in [-0.4, -0.2) is 9.13 Å². The molecule has 0 aliphatic rings. The molecule has 0 saturated heterocycles. The Bertz CT molecular complexity index is 2440. The van der Waals surface area contributed by atoms with Gasteiger partial charge in [0.05, 0.1) is 0 Å². The third-order valence-corrected chi connectivity index (χ3v) is 11.0. The van der Waals surface area contributed by atoms with E-state index in [-0.39, 0.29) is 0 Å². The van der Waals surface area contributed by atoms with Gasteiger partial charge in [-0.2, -0.15) is 0 Å². The van der Waals surface area contributed by atoms with Crippen molar-refractivity contribution in [2.24, 2.45) is 0 Å². The van der Waals surface area contributed by atoms with E-state index in [0.717, 1.165) is 13.1 Å². The van der Waals surface area contributed by atoms with Crippen LogP contribution in [0.4, 0.5) is 0 Å². The highest BCUT2D eigenvalue weighted by atomic mass is 15.0. The van der Waals surface area contributed by atoms with Crippen molar-refractivity contribution >= 4 is 65.2 Å². The lowest BCUT2D eigenvalue weighted by Crippen LogP contribution is -1.97. The summed E-state index contributed by atoms with van der Waals surface area (Å²) in [6.07, 6.45) is 7.37. The molecular weight excluding hydrogens is 605 g/mol. The quantitative estimate of drug-likeness (QED) is 0.103. The maximum Gasteiger partial charge on any atom is 0.0491 e. The molecule has 0 atom stereocenters. The van der Waals surface area contributed by atoms with E-state index in [1.807, 2.05) is 0 Å². The van der Waals surface area contributed by atoms with Gasteiger partial charge < -0.3 is 9.13 Å². The average Bonchev–Trinajstić information content (AvgIpc) is 3.65. The molecule has 2 aromatic heterocycles. The largest absolute Gasteiger partial charge is 0.340 e. The highest BCUT2D eigenvalue weighted by molar-refractivity contribution is 6.23. The molecule has 7 aromatic carbocycles. The van der Waals surface area contributed by atoms with Crippen LogP contribution in [0.25, 0.3) is 87.4 Å². The summed E-state index contributed by atoms with van der Waals surface area (Å²) in [5, 5.41) is 10.6. The van der Waals surface area contributed by atoms with Crippen molar-refractivity contribution in [2.75, 3.05) is 0 Å². The second-order valence-electron chi connectivity index (χ2n) is 14.1. The predicted molar refractivity (Wildman–Crippen MR) is 217 cm³/mol. The molecule has 9 aromatic rings. The summed E-state index contributed by atoms with van der Waals surface area (Å²) in [5.41, 5.74) is 10.5. The Morgan fingerprint density at radius 2 is 0.680 bits per heavy atom. The number of para-hydroxylation sites is 2. The zero-order valence-electron chi connectivity index (χ0n) is 29.3. The van der Waals surface area contributed by atoms with Crippen LogP contribution in [-0.2, 0) is 13.1 Å². The number of hydrogen-bond donors (Lipinski definition) is 0. The van der Waals surface area contributed by atoms with Gasteiger partial charge in [0.25, 0.3) is 0 Å². The average molecular weight is 649 g/mol. The van der Waals surface area contributed by atoms with Crippen LogP contribution in [0.5, 0.6) is 0 Å². The third-order valence-electron chi connectivity index (χ3n) is 11.0. The maximum absolute atomic E-state index is 2.54. The topological polar surface area (TPSA) is 9.86 Å². The van der Waals surface area contributed by atoms with Gasteiger partial charge in [-0.3, -0.25) is 0 Å². The number of aromatic nitrogens is 2. The summed E-state index contributed by atoms with van der Waals surface area (Å²) >= 11 is 0. The molecule has 0 fully saturated rings. The number of fused-ring (bicyclic) bond motifs is 8. The Kier molecular flexibility index (Phi) is 7.88. The molecule has 2 heterocycles. The lowest BCUT2D eigenvalue weighted by Gasteiger charge is -2.18. The van der Waals surface area contributed by atoms with Crippen molar-refractivity contribution in [2.45, 2.75) is 65.5 Å². The molecule has 2 heteroatoms. The summed E-state index contributed by atoms with van der Waals surface area (Å²) in [7, 11) is 0. The van der Waals surface area contributed by atoms with Gasteiger partial charge >= 0.3 is 0 Å². The molecule has 246 valence electrons. The minimum Gasteiger partial charge on any atom is -0.340 e. The fourth-order valence-electron chi connectivity index (χ4n) is 8.69. The molecule has 0 bridgehead atoms. The number of benzene rings is 7. The molecule has 2 nitrogen and oxygen atoms in total. The highest BCUT2D eigenvalue weighted by Crippen LogP contribution is 2.45. The fourth-order valence-corrected chi connectivity index (χ4v) is 8.69. The van der Waals surface area contributed by atoms with Crippen LogP contribution in [0.2, 0.25) is 0 Å². The van der Waals surface area contributed by atoms with Gasteiger partial charge in [0, 0.05) is 56.7 Å². The Labute approximate surface area is 294 Å². The van der Waals surface area contributed by atoms with Crippen LogP contribution < -0.4 is 0 Å². The second kappa shape index (κ2) is 12.8. The van der Waals surface area contributed by atoms with Crippen LogP contribution in [0.15, 0.2) is 133 Å². The first-order chi connectivity index (χ1) is 24.8. The van der Waals surface area contributed by atoms with Gasteiger partial charge in [-0.1, -0.05) is 137 Å². The maximum atomic E-state index is 2.54.